The Morgan fingerprint density at radius 3 is 2.44 bits per heavy atom. The van der Waals surface area contributed by atoms with Crippen LogP contribution in [0.5, 0.6) is 0 Å². The van der Waals surface area contributed by atoms with Crippen LogP contribution in [0, 0.1) is 0 Å². The van der Waals surface area contributed by atoms with Crippen molar-refractivity contribution in [2.75, 3.05) is 52.9 Å². The summed E-state index contributed by atoms with van der Waals surface area (Å²) in [6.07, 6.45) is 2.11. The van der Waals surface area contributed by atoms with Crippen LogP contribution in [0.1, 0.15) is 40.0 Å². The molecule has 2 amide bonds. The van der Waals surface area contributed by atoms with Crippen molar-refractivity contribution in [1.82, 2.24) is 20.0 Å². The maximum absolute atomic E-state index is 12.4. The Bertz CT molecular complexity index is 456. The molecule has 25 heavy (non-hydrogen) atoms. The fourth-order valence-electron chi connectivity index (χ4n) is 3.28. The van der Waals surface area contributed by atoms with E-state index in [1.807, 2.05) is 20.8 Å². The first-order chi connectivity index (χ1) is 11.8. The van der Waals surface area contributed by atoms with Gasteiger partial charge in [0, 0.05) is 39.3 Å². The molecule has 0 saturated carbocycles. The molecule has 2 heterocycles. The molecule has 7 heteroatoms. The summed E-state index contributed by atoms with van der Waals surface area (Å²) in [6, 6.07) is -0.390. The molecule has 7 nitrogen and oxygen atoms in total. The second-order valence-corrected chi connectivity index (χ2v) is 8.12. The summed E-state index contributed by atoms with van der Waals surface area (Å²) in [5.41, 5.74) is -0.538. The van der Waals surface area contributed by atoms with Gasteiger partial charge < -0.3 is 19.9 Å². The van der Waals surface area contributed by atoms with Crippen molar-refractivity contribution in [2.45, 2.75) is 51.7 Å². The predicted molar refractivity (Wildman–Crippen MR) is 97.5 cm³/mol. The molecule has 2 fully saturated rings. The van der Waals surface area contributed by atoms with Gasteiger partial charge in [-0.2, -0.15) is 0 Å². The molecule has 1 N–H and O–H groups in total. The van der Waals surface area contributed by atoms with Crippen molar-refractivity contribution >= 4 is 12.0 Å². The number of likely N-dealkylation sites (tertiary alicyclic amines) is 1. The number of carbonyl (C=O) groups is 2. The number of carbonyl (C=O) groups excluding carboxylic acids is 2. The summed E-state index contributed by atoms with van der Waals surface area (Å²) < 4.78 is 5.41. The first-order valence-corrected chi connectivity index (χ1v) is 9.44. The Hall–Kier alpha value is -1.34. The van der Waals surface area contributed by atoms with E-state index >= 15 is 0 Å². The summed E-state index contributed by atoms with van der Waals surface area (Å²) in [5.74, 6) is -0.0539. The molecule has 0 bridgehead atoms. The van der Waals surface area contributed by atoms with Crippen LogP contribution in [-0.2, 0) is 9.53 Å². The number of nitrogens with one attached hydrogen (secondary N) is 1. The fourth-order valence-corrected chi connectivity index (χ4v) is 3.28. The standard InChI is InChI=1S/C18H34N4O3/c1-18(2,3)25-17(24)22-10-5-7-15(22)16(23)19-8-6-9-21-13-11-20(4)12-14-21/h15H,5-14H2,1-4H3,(H,19,23). The van der Waals surface area contributed by atoms with Crippen molar-refractivity contribution in [2.24, 2.45) is 0 Å². The van der Waals surface area contributed by atoms with E-state index in [2.05, 4.69) is 22.2 Å². The molecule has 2 rings (SSSR count). The molecular weight excluding hydrogens is 320 g/mol. The minimum Gasteiger partial charge on any atom is -0.444 e. The lowest BCUT2D eigenvalue weighted by molar-refractivity contribution is -0.125. The number of likely N-dealkylation sites (N-methyl/N-ethyl adjacent to an activating group) is 1. The largest absolute Gasteiger partial charge is 0.444 e. The van der Waals surface area contributed by atoms with Gasteiger partial charge in [-0.1, -0.05) is 0 Å². The minimum atomic E-state index is -0.538. The zero-order valence-electron chi connectivity index (χ0n) is 16.2. The summed E-state index contributed by atoms with van der Waals surface area (Å²) in [7, 11) is 2.15. The van der Waals surface area contributed by atoms with Crippen LogP contribution < -0.4 is 5.32 Å². The Labute approximate surface area is 151 Å². The third-order valence-corrected chi connectivity index (χ3v) is 4.73. The van der Waals surface area contributed by atoms with Gasteiger partial charge in [0.15, 0.2) is 0 Å². The van der Waals surface area contributed by atoms with E-state index in [0.717, 1.165) is 45.6 Å². The average Bonchev–Trinajstić information content (AvgIpc) is 3.01. The topological polar surface area (TPSA) is 65.1 Å². The molecule has 2 aliphatic rings. The van der Waals surface area contributed by atoms with E-state index in [9.17, 15) is 9.59 Å². The van der Waals surface area contributed by atoms with Gasteiger partial charge in [-0.15, -0.1) is 0 Å². The Morgan fingerprint density at radius 2 is 1.80 bits per heavy atom. The lowest BCUT2D eigenvalue weighted by Gasteiger charge is -2.32. The molecule has 0 spiro atoms. The van der Waals surface area contributed by atoms with Crippen molar-refractivity contribution < 1.29 is 14.3 Å². The number of nitrogens with zero attached hydrogens (tertiary/aromatic N) is 3. The number of ether oxygens (including phenoxy) is 1. The summed E-state index contributed by atoms with van der Waals surface area (Å²) in [6.45, 7) is 12.2. The molecule has 0 aromatic rings. The lowest BCUT2D eigenvalue weighted by atomic mass is 10.2. The van der Waals surface area contributed by atoms with Gasteiger partial charge in [0.1, 0.15) is 11.6 Å². The van der Waals surface area contributed by atoms with Crippen molar-refractivity contribution in [1.29, 1.82) is 0 Å². The predicted octanol–water partition coefficient (Wildman–Crippen LogP) is 1.14. The third-order valence-electron chi connectivity index (χ3n) is 4.73. The van der Waals surface area contributed by atoms with Gasteiger partial charge in [0.2, 0.25) is 5.91 Å². The van der Waals surface area contributed by atoms with Gasteiger partial charge in [-0.3, -0.25) is 9.69 Å². The highest BCUT2D eigenvalue weighted by Gasteiger charge is 2.36. The molecule has 0 aromatic heterocycles. The van der Waals surface area contributed by atoms with E-state index in [0.29, 0.717) is 19.5 Å². The Balaban J connectivity index is 1.69. The van der Waals surface area contributed by atoms with Gasteiger partial charge in [0.25, 0.3) is 0 Å². The van der Waals surface area contributed by atoms with E-state index in [1.165, 1.54) is 0 Å². The zero-order valence-corrected chi connectivity index (χ0v) is 16.2. The van der Waals surface area contributed by atoms with E-state index < -0.39 is 11.6 Å². The minimum absolute atomic E-state index is 0.0539. The van der Waals surface area contributed by atoms with Gasteiger partial charge in [-0.05, 0) is 53.6 Å². The SMILES string of the molecule is CN1CCN(CCCNC(=O)C2CCCN2C(=O)OC(C)(C)C)CC1. The van der Waals surface area contributed by atoms with Crippen LogP contribution in [-0.4, -0.2) is 91.2 Å². The van der Waals surface area contributed by atoms with E-state index in [4.69, 9.17) is 4.74 Å². The van der Waals surface area contributed by atoms with Crippen molar-refractivity contribution in [3.05, 3.63) is 0 Å². The van der Waals surface area contributed by atoms with Gasteiger partial charge >= 0.3 is 6.09 Å². The normalized spacial score (nSPS) is 22.9. The van der Waals surface area contributed by atoms with E-state index in [1.54, 1.807) is 4.90 Å². The van der Waals surface area contributed by atoms with Crippen LogP contribution in [0.4, 0.5) is 4.79 Å². The van der Waals surface area contributed by atoms with E-state index in [-0.39, 0.29) is 12.0 Å². The van der Waals surface area contributed by atoms with Gasteiger partial charge in [0.05, 0.1) is 0 Å². The molecule has 144 valence electrons. The number of piperazine rings is 1. The van der Waals surface area contributed by atoms with Crippen LogP contribution in [0.2, 0.25) is 0 Å². The van der Waals surface area contributed by atoms with Crippen molar-refractivity contribution in [3.8, 4) is 0 Å². The smallest absolute Gasteiger partial charge is 0.410 e. The first-order valence-electron chi connectivity index (χ1n) is 9.44. The fraction of sp³-hybridized carbons (Fsp3) is 0.889. The number of hydrogen-bond acceptors (Lipinski definition) is 5. The summed E-state index contributed by atoms with van der Waals surface area (Å²) in [5, 5.41) is 3.00. The monoisotopic (exact) mass is 354 g/mol. The van der Waals surface area contributed by atoms with Crippen LogP contribution in [0.25, 0.3) is 0 Å². The quantitative estimate of drug-likeness (QED) is 0.750. The highest BCUT2D eigenvalue weighted by atomic mass is 16.6. The molecular formula is C18H34N4O3. The summed E-state index contributed by atoms with van der Waals surface area (Å²) in [4.78, 5) is 31.0. The summed E-state index contributed by atoms with van der Waals surface area (Å²) >= 11 is 0. The van der Waals surface area contributed by atoms with Crippen LogP contribution in [0.15, 0.2) is 0 Å². The van der Waals surface area contributed by atoms with Gasteiger partial charge in [-0.25, -0.2) is 4.79 Å². The molecule has 1 unspecified atom stereocenters. The molecule has 2 aliphatic heterocycles. The second-order valence-electron chi connectivity index (χ2n) is 8.12. The average molecular weight is 354 g/mol. The molecule has 0 aromatic carbocycles. The molecule has 1 atom stereocenters. The second kappa shape index (κ2) is 8.85. The van der Waals surface area contributed by atoms with Crippen molar-refractivity contribution in [3.63, 3.8) is 0 Å². The van der Waals surface area contributed by atoms with Crippen LogP contribution >= 0.6 is 0 Å². The number of rotatable bonds is 5. The first kappa shape index (κ1) is 20.0. The maximum Gasteiger partial charge on any atom is 0.410 e. The number of hydrogen-bond donors (Lipinski definition) is 1. The maximum atomic E-state index is 12.4. The highest BCUT2D eigenvalue weighted by Crippen LogP contribution is 2.20. The van der Waals surface area contributed by atoms with Crippen LogP contribution in [0.3, 0.4) is 0 Å². The molecule has 0 aliphatic carbocycles. The third kappa shape index (κ3) is 6.47. The Morgan fingerprint density at radius 1 is 1.12 bits per heavy atom. The Kier molecular flexibility index (Phi) is 7.07. The highest BCUT2D eigenvalue weighted by molar-refractivity contribution is 5.86. The molecule has 2 saturated heterocycles. The number of amides is 2. The lowest BCUT2D eigenvalue weighted by Crippen LogP contribution is -2.48. The zero-order chi connectivity index (χ0) is 18.4. The molecule has 0 radical (unpaired) electrons.